The first-order valence-electron chi connectivity index (χ1n) is 11.2. The first-order chi connectivity index (χ1) is 16.2. The summed E-state index contributed by atoms with van der Waals surface area (Å²) in [4.78, 5) is 12.0. The summed E-state index contributed by atoms with van der Waals surface area (Å²) in [5.74, 6) is 2.52. The number of nitrogens with zero attached hydrogens (tertiary/aromatic N) is 3. The molecule has 0 saturated carbocycles. The number of nitriles is 1. The molecule has 9 nitrogen and oxygen atoms in total. The maximum atomic E-state index is 12.0. The Labute approximate surface area is 201 Å². The maximum Gasteiger partial charge on any atom is 0.254 e. The molecule has 0 aliphatic carbocycles. The van der Waals surface area contributed by atoms with Gasteiger partial charge in [0.1, 0.15) is 11.3 Å². The molecule has 3 N–H and O–H groups in total. The van der Waals surface area contributed by atoms with E-state index >= 15 is 0 Å². The lowest BCUT2D eigenvalue weighted by Crippen LogP contribution is -2.29. The van der Waals surface area contributed by atoms with Gasteiger partial charge in [0, 0.05) is 33.2 Å². The van der Waals surface area contributed by atoms with Crippen molar-refractivity contribution in [2.75, 3.05) is 31.9 Å². The quantitative estimate of drug-likeness (QED) is 0.230. The van der Waals surface area contributed by atoms with Crippen molar-refractivity contribution in [1.82, 2.24) is 9.78 Å². The lowest BCUT2D eigenvalue weighted by molar-refractivity contribution is 0.0219. The highest BCUT2D eigenvalue weighted by atomic mass is 28.3. The smallest absolute Gasteiger partial charge is 0.254 e. The summed E-state index contributed by atoms with van der Waals surface area (Å²) >= 11 is 0. The normalized spacial score (nSPS) is 18.0. The second kappa shape index (κ2) is 11.2. The molecule has 3 rings (SSSR count). The summed E-state index contributed by atoms with van der Waals surface area (Å²) in [6.07, 6.45) is 7.83. The van der Waals surface area contributed by atoms with E-state index in [0.29, 0.717) is 43.2 Å². The first-order valence-corrected chi connectivity index (χ1v) is 14.9. The van der Waals surface area contributed by atoms with Gasteiger partial charge in [-0.1, -0.05) is 25.6 Å². The average molecular weight is 482 g/mol. The van der Waals surface area contributed by atoms with E-state index in [-0.39, 0.29) is 30.1 Å². The van der Waals surface area contributed by atoms with Crippen molar-refractivity contribution < 1.29 is 19.0 Å². The van der Waals surface area contributed by atoms with Gasteiger partial charge in [-0.15, -0.1) is 6.42 Å². The Morgan fingerprint density at radius 1 is 1.44 bits per heavy atom. The lowest BCUT2D eigenvalue weighted by Gasteiger charge is -2.26. The highest BCUT2D eigenvalue weighted by Gasteiger charge is 2.29. The van der Waals surface area contributed by atoms with Gasteiger partial charge in [0.15, 0.2) is 12.6 Å². The number of primary amides is 1. The molecule has 1 aliphatic rings. The van der Waals surface area contributed by atoms with Gasteiger partial charge in [-0.3, -0.25) is 9.48 Å². The molecule has 1 saturated heterocycles. The Hall–Kier alpha value is -3.31. The number of carbonyl (C=O) groups excluding carboxylic acids is 1. The topological polar surface area (TPSA) is 124 Å². The van der Waals surface area contributed by atoms with E-state index in [9.17, 15) is 10.1 Å². The fourth-order valence-electron chi connectivity index (χ4n) is 3.49. The van der Waals surface area contributed by atoms with Crippen LogP contribution in [0.4, 0.5) is 11.5 Å². The van der Waals surface area contributed by atoms with Gasteiger partial charge in [0.25, 0.3) is 5.91 Å². The van der Waals surface area contributed by atoms with Gasteiger partial charge in [0.2, 0.25) is 0 Å². The van der Waals surface area contributed by atoms with Crippen LogP contribution in [0.15, 0.2) is 24.4 Å². The molecule has 0 radical (unpaired) electrons. The Morgan fingerprint density at radius 2 is 2.24 bits per heavy atom. The van der Waals surface area contributed by atoms with Crippen LogP contribution in [0.5, 0.6) is 5.75 Å². The molecule has 1 aromatic carbocycles. The maximum absolute atomic E-state index is 12.0. The number of nitrogens with one attached hydrogen (secondary N) is 1. The molecule has 1 aromatic heterocycles. The van der Waals surface area contributed by atoms with Crippen molar-refractivity contribution in [1.29, 1.82) is 5.26 Å². The van der Waals surface area contributed by atoms with Crippen LogP contribution in [0.3, 0.4) is 0 Å². The number of terminal acetylenes is 1. The second-order valence-electron chi connectivity index (χ2n) is 9.36. The van der Waals surface area contributed by atoms with Gasteiger partial charge in [-0.25, -0.2) is 0 Å². The molecule has 10 heteroatoms. The largest absolute Gasteiger partial charge is 0.466 e. The number of anilines is 2. The Kier molecular flexibility index (Phi) is 8.34. The molecule has 1 amide bonds. The Bertz CT molecular complexity index is 1100. The third kappa shape index (κ3) is 6.61. The van der Waals surface area contributed by atoms with Crippen LogP contribution in [-0.2, 0) is 9.47 Å². The fraction of sp³-hybridized carbons (Fsp3) is 0.458. The van der Waals surface area contributed by atoms with E-state index in [1.54, 1.807) is 29.1 Å². The first kappa shape index (κ1) is 25.3. The number of amides is 1. The minimum atomic E-state index is -1.16. The third-order valence-corrected chi connectivity index (χ3v) is 7.23. The van der Waals surface area contributed by atoms with Crippen LogP contribution >= 0.6 is 0 Å². The SMILES string of the molecule is C#Cc1cc(Nc2nn(C3COCC[C@@H]3C#N)cc2C(N)=O)ccc1OCOCC[Si](C)(C)C. The van der Waals surface area contributed by atoms with Gasteiger partial charge in [-0.2, -0.15) is 10.4 Å². The van der Waals surface area contributed by atoms with Crippen molar-refractivity contribution in [3.8, 4) is 24.2 Å². The lowest BCUT2D eigenvalue weighted by atomic mass is 9.97. The van der Waals surface area contributed by atoms with Crippen molar-refractivity contribution in [2.45, 2.75) is 38.1 Å². The average Bonchev–Trinajstić information content (AvgIpc) is 3.22. The molecule has 0 spiro atoms. The van der Waals surface area contributed by atoms with Crippen molar-refractivity contribution in [3.63, 3.8) is 0 Å². The van der Waals surface area contributed by atoms with Crippen LogP contribution in [0.2, 0.25) is 25.7 Å². The predicted octanol–water partition coefficient (Wildman–Crippen LogP) is 3.50. The van der Waals surface area contributed by atoms with Crippen molar-refractivity contribution in [3.05, 3.63) is 35.5 Å². The summed E-state index contributed by atoms with van der Waals surface area (Å²) in [5, 5.41) is 17.1. The second-order valence-corrected chi connectivity index (χ2v) is 15.0. The number of ether oxygens (including phenoxy) is 3. The number of rotatable bonds is 10. The molecule has 1 unspecified atom stereocenters. The Morgan fingerprint density at radius 3 is 2.91 bits per heavy atom. The molecule has 2 aromatic rings. The molecule has 2 heterocycles. The van der Waals surface area contributed by atoms with Gasteiger partial charge in [-0.05, 0) is 30.7 Å². The number of hydrogen-bond donors (Lipinski definition) is 2. The molecule has 1 aliphatic heterocycles. The molecule has 34 heavy (non-hydrogen) atoms. The molecule has 1 fully saturated rings. The van der Waals surface area contributed by atoms with E-state index < -0.39 is 14.0 Å². The van der Waals surface area contributed by atoms with Crippen LogP contribution < -0.4 is 15.8 Å². The summed E-state index contributed by atoms with van der Waals surface area (Å²) in [5.41, 5.74) is 6.93. The minimum absolute atomic E-state index is 0.117. The van der Waals surface area contributed by atoms with E-state index in [4.69, 9.17) is 26.4 Å². The van der Waals surface area contributed by atoms with E-state index in [2.05, 4.69) is 42.0 Å². The standard InChI is InChI=1S/C24H31N5O4Si/c1-5-17-12-19(6-7-22(17)33-16-32-10-11-34(2,3)4)27-24-20(23(26)30)14-29(28-24)21-15-31-9-8-18(21)13-25/h1,6-7,12,14,18,21H,8-11,15-16H2,2-4H3,(H2,26,30)(H,27,28)/t18-,21?/m1/s1. The molecule has 0 bridgehead atoms. The zero-order chi connectivity index (χ0) is 24.7. The van der Waals surface area contributed by atoms with Crippen LogP contribution in [0.1, 0.15) is 28.4 Å². The highest BCUT2D eigenvalue weighted by molar-refractivity contribution is 6.76. The van der Waals surface area contributed by atoms with Gasteiger partial charge >= 0.3 is 0 Å². The van der Waals surface area contributed by atoms with Crippen LogP contribution in [-0.4, -0.2) is 50.4 Å². The van der Waals surface area contributed by atoms with Crippen molar-refractivity contribution >= 4 is 25.5 Å². The number of aromatic nitrogens is 2. The third-order valence-electron chi connectivity index (χ3n) is 5.52. The molecule has 2 atom stereocenters. The molecular formula is C24H31N5O4Si. The van der Waals surface area contributed by atoms with Crippen molar-refractivity contribution in [2.24, 2.45) is 11.7 Å². The fourth-order valence-corrected chi connectivity index (χ4v) is 4.25. The molecular weight excluding hydrogens is 450 g/mol. The number of nitrogens with two attached hydrogens (primary N) is 1. The zero-order valence-electron chi connectivity index (χ0n) is 19.8. The monoisotopic (exact) mass is 481 g/mol. The number of carbonyl (C=O) groups is 1. The summed E-state index contributed by atoms with van der Waals surface area (Å²) in [6.45, 7) is 8.50. The highest BCUT2D eigenvalue weighted by Crippen LogP contribution is 2.30. The minimum Gasteiger partial charge on any atom is -0.466 e. The van der Waals surface area contributed by atoms with E-state index in [1.807, 2.05) is 0 Å². The summed E-state index contributed by atoms with van der Waals surface area (Å²) < 4.78 is 18.4. The summed E-state index contributed by atoms with van der Waals surface area (Å²) in [7, 11) is -1.16. The summed E-state index contributed by atoms with van der Waals surface area (Å²) in [6, 6.07) is 8.27. The Balaban J connectivity index is 1.72. The van der Waals surface area contributed by atoms with Crippen LogP contribution in [0.25, 0.3) is 0 Å². The predicted molar refractivity (Wildman–Crippen MR) is 132 cm³/mol. The van der Waals surface area contributed by atoms with E-state index in [0.717, 1.165) is 6.04 Å². The van der Waals surface area contributed by atoms with Crippen LogP contribution in [0, 0.1) is 29.6 Å². The number of hydrogen-bond acceptors (Lipinski definition) is 7. The molecule has 180 valence electrons. The van der Waals surface area contributed by atoms with Gasteiger partial charge in [0.05, 0.1) is 30.2 Å². The zero-order valence-corrected chi connectivity index (χ0v) is 20.8. The number of benzene rings is 1. The van der Waals surface area contributed by atoms with E-state index in [1.165, 1.54) is 0 Å². The van der Waals surface area contributed by atoms with Gasteiger partial charge < -0.3 is 25.3 Å².